The van der Waals surface area contributed by atoms with Crippen molar-refractivity contribution in [3.8, 4) is 0 Å². The predicted molar refractivity (Wildman–Crippen MR) is 83.4 cm³/mol. The summed E-state index contributed by atoms with van der Waals surface area (Å²) in [7, 11) is 0. The minimum Gasteiger partial charge on any atom is -0.259 e. The van der Waals surface area contributed by atoms with Crippen molar-refractivity contribution in [1.82, 2.24) is 19.1 Å². The lowest BCUT2D eigenvalue weighted by atomic mass is 10.3. The lowest BCUT2D eigenvalue weighted by molar-refractivity contribution is -0.214. The van der Waals surface area contributed by atoms with Crippen LogP contribution >= 0.6 is 11.8 Å². The fourth-order valence-corrected chi connectivity index (χ4v) is 4.64. The molecule has 0 unspecified atom stereocenters. The van der Waals surface area contributed by atoms with Crippen molar-refractivity contribution in [1.29, 1.82) is 0 Å². The Kier molecular flexibility index (Phi) is 4.88. The average Bonchev–Trinajstić information content (AvgIpc) is 3.23. The fraction of sp³-hybridized carbons (Fsp3) is 1.00. The summed E-state index contributed by atoms with van der Waals surface area (Å²) in [5.74, 6) is -0.153. The van der Waals surface area contributed by atoms with Gasteiger partial charge in [-0.25, -0.2) is 0 Å². The van der Waals surface area contributed by atoms with Crippen molar-refractivity contribution in [2.24, 2.45) is 0 Å². The minimum absolute atomic E-state index is 0.153. The van der Waals surface area contributed by atoms with E-state index in [4.69, 9.17) is 11.8 Å². The molecule has 3 heterocycles. The minimum atomic E-state index is -0.153. The molecular formula is C15H29ClN4. The molecular weight excluding hydrogens is 272 g/mol. The summed E-state index contributed by atoms with van der Waals surface area (Å²) >= 11 is 6.84. The largest absolute Gasteiger partial charge is 0.259 e. The fourth-order valence-electron chi connectivity index (χ4n) is 4.32. The molecule has 0 N–H and O–H groups in total. The molecule has 0 aromatic carbocycles. The van der Waals surface area contributed by atoms with Gasteiger partial charge in [0.05, 0.1) is 0 Å². The van der Waals surface area contributed by atoms with Crippen LogP contribution in [0.5, 0.6) is 0 Å². The first-order valence-corrected chi connectivity index (χ1v) is 8.82. The monoisotopic (exact) mass is 300 g/mol. The number of halogens is 1. The van der Waals surface area contributed by atoms with Crippen LogP contribution < -0.4 is 0 Å². The first-order chi connectivity index (χ1) is 9.80. The van der Waals surface area contributed by atoms with E-state index >= 15 is 0 Å². The van der Waals surface area contributed by atoms with Crippen molar-refractivity contribution in [2.75, 3.05) is 45.8 Å². The Balaban J connectivity index is 1.95. The van der Waals surface area contributed by atoms with E-state index in [9.17, 15) is 0 Å². The van der Waals surface area contributed by atoms with Gasteiger partial charge in [0.2, 0.25) is 5.91 Å². The summed E-state index contributed by atoms with van der Waals surface area (Å²) < 4.78 is 2.09. The van der Waals surface area contributed by atoms with E-state index in [1.165, 1.54) is 77.8 Å². The van der Waals surface area contributed by atoms with Crippen molar-refractivity contribution in [2.45, 2.75) is 51.4 Å². The normalized spacial score (nSPS) is 27.1. The molecule has 3 aliphatic rings. The molecule has 3 fully saturated rings. The van der Waals surface area contributed by atoms with E-state index in [1.54, 1.807) is 0 Å². The second kappa shape index (κ2) is 6.49. The average molecular weight is 301 g/mol. The SMILES string of the molecule is CCN(Cl)C(N1CCCC1)(N1CCCC1)N1CCCC1. The first-order valence-electron chi connectivity index (χ1n) is 8.48. The van der Waals surface area contributed by atoms with Crippen LogP contribution in [0.4, 0.5) is 0 Å². The second-order valence-electron chi connectivity index (χ2n) is 6.36. The molecule has 20 heavy (non-hydrogen) atoms. The van der Waals surface area contributed by atoms with Crippen LogP contribution in [0.3, 0.4) is 0 Å². The molecule has 5 heteroatoms. The third-order valence-electron chi connectivity index (χ3n) is 5.19. The Labute approximate surface area is 128 Å². The maximum atomic E-state index is 6.84. The third kappa shape index (κ3) is 2.40. The van der Waals surface area contributed by atoms with E-state index in [1.807, 2.05) is 0 Å². The van der Waals surface area contributed by atoms with Gasteiger partial charge in [-0.3, -0.25) is 14.7 Å². The number of likely N-dealkylation sites (tertiary alicyclic amines) is 3. The van der Waals surface area contributed by atoms with Gasteiger partial charge in [-0.1, -0.05) is 6.92 Å². The predicted octanol–water partition coefficient (Wildman–Crippen LogP) is 2.36. The van der Waals surface area contributed by atoms with E-state index in [-0.39, 0.29) is 5.91 Å². The van der Waals surface area contributed by atoms with Gasteiger partial charge in [-0.05, 0) is 50.3 Å². The van der Waals surface area contributed by atoms with E-state index < -0.39 is 0 Å². The lowest BCUT2D eigenvalue weighted by Gasteiger charge is -2.56. The van der Waals surface area contributed by atoms with Crippen molar-refractivity contribution in [3.63, 3.8) is 0 Å². The van der Waals surface area contributed by atoms with E-state index in [0.29, 0.717) is 0 Å². The van der Waals surface area contributed by atoms with Gasteiger partial charge in [0, 0.05) is 45.8 Å². The smallest absolute Gasteiger partial charge is 0.205 e. The van der Waals surface area contributed by atoms with Crippen LogP contribution in [0.15, 0.2) is 0 Å². The molecule has 0 aromatic heterocycles. The van der Waals surface area contributed by atoms with Crippen LogP contribution in [0.2, 0.25) is 0 Å². The molecule has 0 amide bonds. The highest BCUT2D eigenvalue weighted by atomic mass is 35.5. The van der Waals surface area contributed by atoms with Crippen LogP contribution in [0.25, 0.3) is 0 Å². The molecule has 0 spiro atoms. The maximum Gasteiger partial charge on any atom is 0.205 e. The molecule has 4 nitrogen and oxygen atoms in total. The Bertz CT molecular complexity index is 266. The molecule has 0 saturated carbocycles. The molecule has 3 rings (SSSR count). The van der Waals surface area contributed by atoms with E-state index in [0.717, 1.165) is 6.54 Å². The highest BCUT2D eigenvalue weighted by molar-refractivity contribution is 6.13. The second-order valence-corrected chi connectivity index (χ2v) is 6.77. The zero-order valence-electron chi connectivity index (χ0n) is 12.9. The molecule has 3 aliphatic heterocycles. The zero-order chi connectivity index (χ0) is 14.0. The molecule has 0 aliphatic carbocycles. The highest BCUT2D eigenvalue weighted by Gasteiger charge is 2.53. The molecule has 3 saturated heterocycles. The van der Waals surface area contributed by atoms with Gasteiger partial charge in [0.25, 0.3) is 0 Å². The summed E-state index contributed by atoms with van der Waals surface area (Å²) in [5.41, 5.74) is 0. The Morgan fingerprint density at radius 1 is 0.750 bits per heavy atom. The molecule has 0 atom stereocenters. The van der Waals surface area contributed by atoms with Crippen LogP contribution in [-0.2, 0) is 0 Å². The Morgan fingerprint density at radius 3 is 1.30 bits per heavy atom. The quantitative estimate of drug-likeness (QED) is 0.723. The lowest BCUT2D eigenvalue weighted by Crippen LogP contribution is -2.74. The van der Waals surface area contributed by atoms with Gasteiger partial charge in [0.15, 0.2) is 0 Å². The number of rotatable bonds is 5. The number of hydrogen-bond donors (Lipinski definition) is 0. The molecule has 116 valence electrons. The maximum absolute atomic E-state index is 6.84. The molecule has 0 bridgehead atoms. The van der Waals surface area contributed by atoms with Gasteiger partial charge in [-0.15, -0.1) is 0 Å². The summed E-state index contributed by atoms with van der Waals surface area (Å²) in [5, 5.41) is 0. The molecule has 0 radical (unpaired) electrons. The van der Waals surface area contributed by atoms with Gasteiger partial charge in [-0.2, -0.15) is 4.42 Å². The van der Waals surface area contributed by atoms with Crippen molar-refractivity contribution >= 4 is 11.8 Å². The van der Waals surface area contributed by atoms with Crippen molar-refractivity contribution < 1.29 is 0 Å². The van der Waals surface area contributed by atoms with Crippen LogP contribution in [0.1, 0.15) is 45.4 Å². The summed E-state index contributed by atoms with van der Waals surface area (Å²) in [6.45, 7) is 10.2. The topological polar surface area (TPSA) is 13.0 Å². The summed E-state index contributed by atoms with van der Waals surface area (Å²) in [6, 6.07) is 0. The third-order valence-corrected chi connectivity index (χ3v) is 5.66. The Morgan fingerprint density at radius 2 is 1.05 bits per heavy atom. The molecule has 0 aromatic rings. The van der Waals surface area contributed by atoms with Gasteiger partial charge < -0.3 is 0 Å². The van der Waals surface area contributed by atoms with Gasteiger partial charge >= 0.3 is 0 Å². The van der Waals surface area contributed by atoms with Gasteiger partial charge in [0.1, 0.15) is 0 Å². The number of nitrogens with zero attached hydrogens (tertiary/aromatic N) is 4. The Hall–Kier alpha value is 0.130. The van der Waals surface area contributed by atoms with Crippen LogP contribution in [-0.4, -0.2) is 70.8 Å². The zero-order valence-corrected chi connectivity index (χ0v) is 13.6. The highest BCUT2D eigenvalue weighted by Crippen LogP contribution is 2.38. The van der Waals surface area contributed by atoms with Crippen molar-refractivity contribution in [3.05, 3.63) is 0 Å². The first kappa shape index (κ1) is 15.0. The van der Waals surface area contributed by atoms with E-state index in [2.05, 4.69) is 26.0 Å². The van der Waals surface area contributed by atoms with Crippen LogP contribution in [0, 0.1) is 0 Å². The number of hydrogen-bond acceptors (Lipinski definition) is 4. The summed E-state index contributed by atoms with van der Waals surface area (Å²) in [6.07, 6.45) is 7.90. The standard InChI is InChI=1S/C15H29ClN4/c1-2-20(16)15(17-9-3-4-10-17,18-11-5-6-12-18)19-13-7-8-14-19/h2-14H2,1H3. The summed E-state index contributed by atoms with van der Waals surface area (Å²) in [4.78, 5) is 7.96.